The number of amides is 2. The van der Waals surface area contributed by atoms with Crippen LogP contribution in [0.2, 0.25) is 0 Å². The largest absolute Gasteiger partial charge is 0.391 e. The predicted octanol–water partition coefficient (Wildman–Crippen LogP) is 1.52. The number of aliphatic hydroxyl groups is 1. The summed E-state index contributed by atoms with van der Waals surface area (Å²) in [5.41, 5.74) is 0.0308. The molecule has 1 fully saturated rings. The molecule has 3 atom stereocenters. The van der Waals surface area contributed by atoms with E-state index in [1.165, 1.54) is 25.3 Å². The van der Waals surface area contributed by atoms with E-state index in [-0.39, 0.29) is 24.1 Å². The summed E-state index contributed by atoms with van der Waals surface area (Å²) in [6.07, 6.45) is 0.251. The standard InChI is InChI=1S/C15H20F2N2O3/c1-22-8-9(20)5-6-18-15(21)19-13-7-10(13)14-11(16)3-2-4-12(14)17/h2-4,9-10,13,20H,5-8H2,1H3,(H2,18,19,21). The molecule has 22 heavy (non-hydrogen) atoms. The normalized spacial score (nSPS) is 21.3. The monoisotopic (exact) mass is 314 g/mol. The maximum absolute atomic E-state index is 13.6. The SMILES string of the molecule is COCC(O)CCNC(=O)NC1CC1c1c(F)cccc1F. The summed E-state index contributed by atoms with van der Waals surface area (Å²) >= 11 is 0. The van der Waals surface area contributed by atoms with E-state index in [1.807, 2.05) is 0 Å². The van der Waals surface area contributed by atoms with E-state index in [1.54, 1.807) is 0 Å². The van der Waals surface area contributed by atoms with E-state index in [9.17, 15) is 18.7 Å². The first-order valence-electron chi connectivity index (χ1n) is 7.18. The fraction of sp³-hybridized carbons (Fsp3) is 0.533. The second-order valence-electron chi connectivity index (χ2n) is 5.38. The van der Waals surface area contributed by atoms with Crippen molar-refractivity contribution in [1.82, 2.24) is 10.6 Å². The van der Waals surface area contributed by atoms with Crippen LogP contribution in [-0.2, 0) is 4.74 Å². The Labute approximate surface area is 127 Å². The highest BCUT2D eigenvalue weighted by molar-refractivity contribution is 5.74. The van der Waals surface area contributed by atoms with Crippen LogP contribution in [-0.4, -0.2) is 43.5 Å². The van der Waals surface area contributed by atoms with Crippen molar-refractivity contribution in [2.24, 2.45) is 0 Å². The lowest BCUT2D eigenvalue weighted by Gasteiger charge is -2.11. The average Bonchev–Trinajstić information content (AvgIpc) is 3.17. The van der Waals surface area contributed by atoms with Crippen LogP contribution in [0.3, 0.4) is 0 Å². The summed E-state index contributed by atoms with van der Waals surface area (Å²) in [5, 5.41) is 14.7. The fourth-order valence-corrected chi connectivity index (χ4v) is 2.39. The highest BCUT2D eigenvalue weighted by atomic mass is 19.1. The number of carbonyl (C=O) groups excluding carboxylic acids is 1. The van der Waals surface area contributed by atoms with Gasteiger partial charge >= 0.3 is 6.03 Å². The molecule has 0 bridgehead atoms. The highest BCUT2D eigenvalue weighted by Gasteiger charge is 2.42. The Morgan fingerprint density at radius 1 is 1.45 bits per heavy atom. The number of urea groups is 1. The van der Waals surface area contributed by atoms with Crippen molar-refractivity contribution in [2.75, 3.05) is 20.3 Å². The number of hydrogen-bond acceptors (Lipinski definition) is 3. The molecule has 2 amide bonds. The highest BCUT2D eigenvalue weighted by Crippen LogP contribution is 2.42. The van der Waals surface area contributed by atoms with Crippen molar-refractivity contribution < 1.29 is 23.4 Å². The van der Waals surface area contributed by atoms with Gasteiger partial charge in [0.15, 0.2) is 0 Å². The van der Waals surface area contributed by atoms with Crippen LogP contribution in [0, 0.1) is 11.6 Å². The Morgan fingerprint density at radius 3 is 2.77 bits per heavy atom. The maximum Gasteiger partial charge on any atom is 0.315 e. The van der Waals surface area contributed by atoms with E-state index < -0.39 is 23.8 Å². The van der Waals surface area contributed by atoms with Crippen molar-refractivity contribution in [3.05, 3.63) is 35.4 Å². The second-order valence-corrected chi connectivity index (χ2v) is 5.38. The molecule has 5 nitrogen and oxygen atoms in total. The van der Waals surface area contributed by atoms with Crippen LogP contribution in [0.25, 0.3) is 0 Å². The minimum absolute atomic E-state index is 0.0308. The van der Waals surface area contributed by atoms with Gasteiger partial charge in [-0.3, -0.25) is 0 Å². The van der Waals surface area contributed by atoms with Gasteiger partial charge in [0, 0.05) is 31.2 Å². The molecule has 0 aliphatic heterocycles. The van der Waals surface area contributed by atoms with Gasteiger partial charge in [0.2, 0.25) is 0 Å². The van der Waals surface area contributed by atoms with Crippen molar-refractivity contribution >= 4 is 6.03 Å². The van der Waals surface area contributed by atoms with E-state index in [0.29, 0.717) is 19.4 Å². The van der Waals surface area contributed by atoms with Gasteiger partial charge in [-0.25, -0.2) is 13.6 Å². The van der Waals surface area contributed by atoms with Gasteiger partial charge in [-0.2, -0.15) is 0 Å². The molecular formula is C15H20F2N2O3. The quantitative estimate of drug-likeness (QED) is 0.714. The van der Waals surface area contributed by atoms with Crippen LogP contribution >= 0.6 is 0 Å². The van der Waals surface area contributed by atoms with Crippen LogP contribution in [0.15, 0.2) is 18.2 Å². The first kappa shape index (κ1) is 16.6. The zero-order valence-corrected chi connectivity index (χ0v) is 12.3. The van der Waals surface area contributed by atoms with Crippen LogP contribution in [0.1, 0.15) is 24.3 Å². The van der Waals surface area contributed by atoms with E-state index in [4.69, 9.17) is 4.74 Å². The minimum Gasteiger partial charge on any atom is -0.391 e. The Balaban J connectivity index is 1.74. The van der Waals surface area contributed by atoms with Gasteiger partial charge in [-0.05, 0) is 25.0 Å². The third-order valence-electron chi connectivity index (χ3n) is 3.60. The van der Waals surface area contributed by atoms with Gasteiger partial charge in [0.25, 0.3) is 0 Å². The molecule has 0 saturated heterocycles. The molecule has 0 heterocycles. The Kier molecular flexibility index (Phi) is 5.68. The summed E-state index contributed by atoms with van der Waals surface area (Å²) in [6, 6.07) is 3.07. The van der Waals surface area contributed by atoms with E-state index >= 15 is 0 Å². The number of aliphatic hydroxyl groups excluding tert-OH is 1. The lowest BCUT2D eigenvalue weighted by molar-refractivity contribution is 0.0598. The summed E-state index contributed by atoms with van der Waals surface area (Å²) in [5.74, 6) is -1.50. The smallest absolute Gasteiger partial charge is 0.315 e. The molecule has 1 aromatic carbocycles. The van der Waals surface area contributed by atoms with Gasteiger partial charge in [-0.15, -0.1) is 0 Å². The Bertz CT molecular complexity index is 507. The Morgan fingerprint density at radius 2 is 2.14 bits per heavy atom. The lowest BCUT2D eigenvalue weighted by Crippen LogP contribution is -2.39. The fourth-order valence-electron chi connectivity index (χ4n) is 2.39. The zero-order chi connectivity index (χ0) is 16.1. The zero-order valence-electron chi connectivity index (χ0n) is 12.3. The third-order valence-corrected chi connectivity index (χ3v) is 3.60. The summed E-state index contributed by atoms with van der Waals surface area (Å²) in [7, 11) is 1.48. The van der Waals surface area contributed by atoms with E-state index in [0.717, 1.165) is 0 Å². The number of hydrogen-bond donors (Lipinski definition) is 3. The van der Waals surface area contributed by atoms with Crippen molar-refractivity contribution in [1.29, 1.82) is 0 Å². The van der Waals surface area contributed by atoms with Gasteiger partial charge in [0.1, 0.15) is 11.6 Å². The first-order valence-corrected chi connectivity index (χ1v) is 7.18. The number of carbonyl (C=O) groups is 1. The molecule has 1 aliphatic rings. The molecular weight excluding hydrogens is 294 g/mol. The predicted molar refractivity (Wildman–Crippen MR) is 76.5 cm³/mol. The summed E-state index contributed by atoms with van der Waals surface area (Å²) in [4.78, 5) is 11.7. The van der Waals surface area contributed by atoms with Crippen molar-refractivity contribution in [2.45, 2.75) is 30.9 Å². The number of ether oxygens (including phenoxy) is 1. The first-order chi connectivity index (χ1) is 10.5. The Hall–Kier alpha value is -1.73. The molecule has 1 saturated carbocycles. The van der Waals surface area contributed by atoms with Crippen LogP contribution < -0.4 is 10.6 Å². The van der Waals surface area contributed by atoms with Crippen molar-refractivity contribution in [3.63, 3.8) is 0 Å². The topological polar surface area (TPSA) is 70.6 Å². The molecule has 3 N–H and O–H groups in total. The minimum atomic E-state index is -0.633. The molecule has 0 spiro atoms. The number of nitrogens with one attached hydrogen (secondary N) is 2. The molecule has 0 aromatic heterocycles. The number of benzene rings is 1. The van der Waals surface area contributed by atoms with Gasteiger partial charge in [-0.1, -0.05) is 6.07 Å². The van der Waals surface area contributed by atoms with Crippen LogP contribution in [0.5, 0.6) is 0 Å². The molecule has 1 aromatic rings. The van der Waals surface area contributed by atoms with E-state index in [2.05, 4.69) is 10.6 Å². The van der Waals surface area contributed by atoms with Gasteiger partial charge in [0.05, 0.1) is 12.7 Å². The average molecular weight is 314 g/mol. The number of halogens is 2. The van der Waals surface area contributed by atoms with Crippen LogP contribution in [0.4, 0.5) is 13.6 Å². The summed E-state index contributed by atoms with van der Waals surface area (Å²) < 4.78 is 32.0. The second kappa shape index (κ2) is 7.51. The summed E-state index contributed by atoms with van der Waals surface area (Å²) in [6.45, 7) is 0.502. The number of methoxy groups -OCH3 is 1. The van der Waals surface area contributed by atoms with Crippen molar-refractivity contribution in [3.8, 4) is 0 Å². The molecule has 7 heteroatoms. The third kappa shape index (κ3) is 4.38. The molecule has 0 radical (unpaired) electrons. The number of rotatable bonds is 7. The lowest BCUT2D eigenvalue weighted by atomic mass is 10.1. The molecule has 1 aliphatic carbocycles. The molecule has 122 valence electrons. The van der Waals surface area contributed by atoms with Gasteiger partial charge < -0.3 is 20.5 Å². The molecule has 3 unspecified atom stereocenters. The molecule has 2 rings (SSSR count). The maximum atomic E-state index is 13.6.